The van der Waals surface area contributed by atoms with Crippen LogP contribution in [0.15, 0.2) is 64.2 Å². The first-order valence-electron chi connectivity index (χ1n) is 11.3. The summed E-state index contributed by atoms with van der Waals surface area (Å²) in [4.78, 5) is 43.5. The Labute approximate surface area is 205 Å². The largest absolute Gasteiger partial charge is 0.491 e. The average molecular weight is 494 g/mol. The van der Waals surface area contributed by atoms with Gasteiger partial charge >= 0.3 is 11.7 Å². The molecule has 0 radical (unpaired) electrons. The first kappa shape index (κ1) is 24.7. The molecule has 0 unspecified atom stereocenters. The molecule has 0 aliphatic carbocycles. The highest BCUT2D eigenvalue weighted by Gasteiger charge is 2.25. The van der Waals surface area contributed by atoms with Crippen LogP contribution in [0.3, 0.4) is 0 Å². The third-order valence-electron chi connectivity index (χ3n) is 5.72. The Morgan fingerprint density at radius 3 is 2.61 bits per heavy atom. The molecular formula is C25H27N5O6. The van der Waals surface area contributed by atoms with E-state index in [9.17, 15) is 24.6 Å². The molecule has 0 saturated carbocycles. The minimum atomic E-state index is -1.12. The molecule has 36 heavy (non-hydrogen) atoms. The number of anilines is 1. The van der Waals surface area contributed by atoms with E-state index in [1.807, 2.05) is 43.3 Å². The van der Waals surface area contributed by atoms with Gasteiger partial charge in [-0.25, -0.2) is 9.59 Å². The van der Waals surface area contributed by atoms with E-state index >= 15 is 0 Å². The summed E-state index contributed by atoms with van der Waals surface area (Å²) in [5.74, 6) is -0.504. The zero-order valence-corrected chi connectivity index (χ0v) is 19.8. The van der Waals surface area contributed by atoms with Crippen LogP contribution in [-0.4, -0.2) is 54.0 Å². The molecule has 2 atom stereocenters. The number of aliphatic hydroxyl groups excluding tert-OH is 1. The molecule has 0 aliphatic rings. The summed E-state index contributed by atoms with van der Waals surface area (Å²) < 4.78 is 8.21. The van der Waals surface area contributed by atoms with E-state index in [1.165, 1.54) is 11.6 Å². The fourth-order valence-electron chi connectivity index (χ4n) is 3.89. The van der Waals surface area contributed by atoms with Gasteiger partial charge in [0.2, 0.25) is 5.95 Å². The lowest BCUT2D eigenvalue weighted by Crippen LogP contribution is -2.34. The minimum Gasteiger partial charge on any atom is -0.491 e. The summed E-state index contributed by atoms with van der Waals surface area (Å²) in [6.45, 7) is 1.70. The standard InChI is InChI=1S/C25H27N5O6/c1-15-7-6-10-18(11-15)36-14-17(31)13-30-20-21(29(2)25(35)28-22(20)32)27-24(30)26-19(23(33)34)12-16-8-4-3-5-9-16/h3-11,17,19,31H,12-14H2,1-2H3,(H,26,27)(H,33,34)(H,28,32,35)/t17-,19-/m0/s1. The molecule has 0 fully saturated rings. The van der Waals surface area contributed by atoms with E-state index in [-0.39, 0.29) is 36.7 Å². The number of aryl methyl sites for hydroxylation is 2. The average Bonchev–Trinajstić information content (AvgIpc) is 3.20. The third-order valence-corrected chi connectivity index (χ3v) is 5.72. The van der Waals surface area contributed by atoms with Gasteiger partial charge < -0.3 is 24.8 Å². The molecule has 0 aliphatic heterocycles. The zero-order valence-electron chi connectivity index (χ0n) is 19.8. The van der Waals surface area contributed by atoms with Gasteiger partial charge in [0.05, 0.1) is 6.54 Å². The monoisotopic (exact) mass is 493 g/mol. The predicted octanol–water partition coefficient (Wildman–Crippen LogP) is 1.28. The molecule has 188 valence electrons. The van der Waals surface area contributed by atoms with E-state index in [0.29, 0.717) is 5.75 Å². The molecule has 0 spiro atoms. The number of nitrogens with zero attached hydrogens (tertiary/aromatic N) is 3. The molecular weight excluding hydrogens is 466 g/mol. The number of aliphatic hydroxyl groups is 1. The van der Waals surface area contributed by atoms with Crippen molar-refractivity contribution in [3.63, 3.8) is 0 Å². The molecule has 2 aromatic carbocycles. The summed E-state index contributed by atoms with van der Waals surface area (Å²) in [5, 5.41) is 23.4. The van der Waals surface area contributed by atoms with Gasteiger partial charge in [0, 0.05) is 13.5 Å². The molecule has 0 amide bonds. The van der Waals surface area contributed by atoms with Gasteiger partial charge in [0.15, 0.2) is 11.2 Å². The SMILES string of the molecule is Cc1cccc(OC[C@@H](O)Cn2c(N[C@@H](Cc3ccccc3)C(=O)O)nc3c2c(=O)[nH]c(=O)n3C)c1. The van der Waals surface area contributed by atoms with Crippen molar-refractivity contribution in [3.8, 4) is 5.75 Å². The topological polar surface area (TPSA) is 151 Å². The number of nitrogens with one attached hydrogen (secondary N) is 2. The van der Waals surface area contributed by atoms with Gasteiger partial charge in [0.1, 0.15) is 24.5 Å². The van der Waals surface area contributed by atoms with Gasteiger partial charge in [-0.1, -0.05) is 42.5 Å². The number of carbonyl (C=O) groups is 1. The number of rotatable bonds is 10. The highest BCUT2D eigenvalue weighted by atomic mass is 16.5. The van der Waals surface area contributed by atoms with Crippen molar-refractivity contribution in [2.75, 3.05) is 11.9 Å². The second kappa shape index (κ2) is 10.5. The van der Waals surface area contributed by atoms with Gasteiger partial charge in [-0.2, -0.15) is 4.98 Å². The molecule has 4 N–H and O–H groups in total. The Morgan fingerprint density at radius 1 is 1.17 bits per heavy atom. The van der Waals surface area contributed by atoms with Crippen LogP contribution in [0.25, 0.3) is 11.2 Å². The number of hydrogen-bond donors (Lipinski definition) is 4. The minimum absolute atomic E-state index is 0.0260. The highest BCUT2D eigenvalue weighted by molar-refractivity contribution is 5.79. The van der Waals surface area contributed by atoms with Crippen LogP contribution in [0.5, 0.6) is 5.75 Å². The number of aromatic amines is 1. The Bertz CT molecular complexity index is 1490. The van der Waals surface area contributed by atoms with Gasteiger partial charge in [0.25, 0.3) is 5.56 Å². The van der Waals surface area contributed by atoms with Crippen molar-refractivity contribution >= 4 is 23.1 Å². The van der Waals surface area contributed by atoms with Gasteiger partial charge in [-0.05, 0) is 30.2 Å². The first-order chi connectivity index (χ1) is 17.2. The maximum atomic E-state index is 12.7. The van der Waals surface area contributed by atoms with Crippen molar-refractivity contribution in [1.29, 1.82) is 0 Å². The van der Waals surface area contributed by atoms with Crippen molar-refractivity contribution in [3.05, 3.63) is 86.6 Å². The van der Waals surface area contributed by atoms with E-state index in [1.54, 1.807) is 18.2 Å². The molecule has 2 aromatic heterocycles. The number of H-pyrrole nitrogens is 1. The van der Waals surface area contributed by atoms with Crippen LogP contribution in [0.2, 0.25) is 0 Å². The predicted molar refractivity (Wildman–Crippen MR) is 133 cm³/mol. The van der Waals surface area contributed by atoms with Crippen LogP contribution in [0.1, 0.15) is 11.1 Å². The first-order valence-corrected chi connectivity index (χ1v) is 11.3. The summed E-state index contributed by atoms with van der Waals surface area (Å²) in [6, 6.07) is 15.3. The van der Waals surface area contributed by atoms with Crippen LogP contribution in [0.4, 0.5) is 5.95 Å². The summed E-state index contributed by atoms with van der Waals surface area (Å²) >= 11 is 0. The Kier molecular flexibility index (Phi) is 7.20. The smallest absolute Gasteiger partial charge is 0.329 e. The van der Waals surface area contributed by atoms with E-state index in [2.05, 4.69) is 15.3 Å². The number of aliphatic carboxylic acids is 1. The van der Waals surface area contributed by atoms with E-state index in [4.69, 9.17) is 4.74 Å². The molecule has 4 aromatic rings. The highest BCUT2D eigenvalue weighted by Crippen LogP contribution is 2.19. The molecule has 2 heterocycles. The van der Waals surface area contributed by atoms with Crippen molar-refractivity contribution in [1.82, 2.24) is 19.1 Å². The van der Waals surface area contributed by atoms with Crippen molar-refractivity contribution < 1.29 is 19.7 Å². The molecule has 0 saturated heterocycles. The number of hydrogen-bond acceptors (Lipinski definition) is 7. The summed E-state index contributed by atoms with van der Waals surface area (Å²) in [6.07, 6.45) is -0.925. The molecule has 11 heteroatoms. The lowest BCUT2D eigenvalue weighted by atomic mass is 10.1. The second-order valence-corrected chi connectivity index (χ2v) is 8.54. The zero-order chi connectivity index (χ0) is 25.8. The summed E-state index contributed by atoms with van der Waals surface area (Å²) in [7, 11) is 1.44. The normalized spacial score (nSPS) is 12.9. The van der Waals surface area contributed by atoms with Crippen LogP contribution >= 0.6 is 0 Å². The van der Waals surface area contributed by atoms with Crippen LogP contribution < -0.4 is 21.3 Å². The number of imidazole rings is 1. The van der Waals surface area contributed by atoms with Crippen LogP contribution in [0, 0.1) is 6.92 Å². The quantitative estimate of drug-likeness (QED) is 0.258. The third kappa shape index (κ3) is 5.47. The Morgan fingerprint density at radius 2 is 1.92 bits per heavy atom. The van der Waals surface area contributed by atoms with Crippen molar-refractivity contribution in [2.24, 2.45) is 7.05 Å². The molecule has 4 rings (SSSR count). The fraction of sp³-hybridized carbons (Fsp3) is 0.280. The summed E-state index contributed by atoms with van der Waals surface area (Å²) in [5.41, 5.74) is 0.512. The van der Waals surface area contributed by atoms with Gasteiger partial charge in [-0.3, -0.25) is 14.3 Å². The Balaban J connectivity index is 1.66. The number of carboxylic acid groups (broad SMARTS) is 1. The maximum absolute atomic E-state index is 12.7. The molecule has 0 bridgehead atoms. The maximum Gasteiger partial charge on any atom is 0.329 e. The fourth-order valence-corrected chi connectivity index (χ4v) is 3.89. The van der Waals surface area contributed by atoms with E-state index < -0.39 is 29.4 Å². The van der Waals surface area contributed by atoms with E-state index in [0.717, 1.165) is 15.7 Å². The van der Waals surface area contributed by atoms with Crippen molar-refractivity contribution in [2.45, 2.75) is 32.0 Å². The van der Waals surface area contributed by atoms with Crippen LogP contribution in [-0.2, 0) is 24.8 Å². The Hall–Kier alpha value is -4.38. The molecule has 11 nitrogen and oxygen atoms in total. The number of ether oxygens (including phenoxy) is 1. The second-order valence-electron chi connectivity index (χ2n) is 8.54. The van der Waals surface area contributed by atoms with Gasteiger partial charge in [-0.15, -0.1) is 0 Å². The number of carboxylic acids is 1. The lowest BCUT2D eigenvalue weighted by Gasteiger charge is -2.19. The number of aromatic nitrogens is 4. The lowest BCUT2D eigenvalue weighted by molar-refractivity contribution is -0.137. The number of benzene rings is 2. The number of fused-ring (bicyclic) bond motifs is 1.